The van der Waals surface area contributed by atoms with Gasteiger partial charge in [-0.2, -0.15) is 9.29 Å². The van der Waals surface area contributed by atoms with Gasteiger partial charge in [-0.3, -0.25) is 4.90 Å². The van der Waals surface area contributed by atoms with Gasteiger partial charge in [-0.25, -0.2) is 8.42 Å². The maximum atomic E-state index is 12.6. The third kappa shape index (κ3) is 3.62. The van der Waals surface area contributed by atoms with Gasteiger partial charge in [-0.15, -0.1) is 11.3 Å². The summed E-state index contributed by atoms with van der Waals surface area (Å²) in [6, 6.07) is 6.91. The van der Waals surface area contributed by atoms with Crippen LogP contribution in [0, 0.1) is 0 Å². The van der Waals surface area contributed by atoms with E-state index < -0.39 is 10.0 Å². The molecule has 1 aliphatic heterocycles. The molecule has 138 valence electrons. The molecule has 0 aromatic carbocycles. The number of piperazine rings is 1. The second-order valence-electron chi connectivity index (χ2n) is 5.73. The average Bonchev–Trinajstić information content (AvgIpc) is 3.36. The van der Waals surface area contributed by atoms with Gasteiger partial charge in [-0.05, 0) is 40.2 Å². The molecule has 26 heavy (non-hydrogen) atoms. The SMILES string of the molecule is O=S(=O)(c1ccc(Br)s1)N1CCN(Cc2nc(-c3ccco3)no2)CC1. The number of hydrogen-bond acceptors (Lipinski definition) is 8. The number of halogens is 1. The molecule has 3 aromatic rings. The molecule has 0 unspecified atom stereocenters. The van der Waals surface area contributed by atoms with Crippen LogP contribution in [0.4, 0.5) is 0 Å². The van der Waals surface area contributed by atoms with Gasteiger partial charge in [0, 0.05) is 26.2 Å². The molecule has 1 fully saturated rings. The summed E-state index contributed by atoms with van der Waals surface area (Å²) in [5, 5.41) is 3.90. The highest BCUT2D eigenvalue weighted by molar-refractivity contribution is 9.11. The average molecular weight is 459 g/mol. The molecule has 0 N–H and O–H groups in total. The summed E-state index contributed by atoms with van der Waals surface area (Å²) in [7, 11) is -3.43. The fraction of sp³-hybridized carbons (Fsp3) is 0.333. The molecule has 0 aliphatic carbocycles. The van der Waals surface area contributed by atoms with Crippen LogP contribution in [0.3, 0.4) is 0 Å². The molecule has 11 heteroatoms. The third-order valence-corrected chi connectivity index (χ3v) is 8.03. The minimum atomic E-state index is -3.43. The van der Waals surface area contributed by atoms with Crippen molar-refractivity contribution in [1.82, 2.24) is 19.3 Å². The molecule has 0 saturated carbocycles. The van der Waals surface area contributed by atoms with Gasteiger partial charge in [-0.1, -0.05) is 5.16 Å². The second-order valence-corrected chi connectivity index (χ2v) is 10.4. The van der Waals surface area contributed by atoms with Crippen LogP contribution in [0.15, 0.2) is 47.5 Å². The van der Waals surface area contributed by atoms with Crippen molar-refractivity contribution in [2.24, 2.45) is 0 Å². The fourth-order valence-electron chi connectivity index (χ4n) is 2.71. The molecule has 0 amide bonds. The summed E-state index contributed by atoms with van der Waals surface area (Å²) in [6.07, 6.45) is 1.55. The van der Waals surface area contributed by atoms with Gasteiger partial charge in [0.2, 0.25) is 11.7 Å². The van der Waals surface area contributed by atoms with E-state index in [-0.39, 0.29) is 0 Å². The van der Waals surface area contributed by atoms with Crippen molar-refractivity contribution in [1.29, 1.82) is 0 Å². The van der Waals surface area contributed by atoms with E-state index in [9.17, 15) is 8.42 Å². The summed E-state index contributed by atoms with van der Waals surface area (Å²) < 4.78 is 38.5. The molecule has 8 nitrogen and oxygen atoms in total. The lowest BCUT2D eigenvalue weighted by Gasteiger charge is -2.32. The summed E-state index contributed by atoms with van der Waals surface area (Å²) in [5.41, 5.74) is 0. The van der Waals surface area contributed by atoms with Gasteiger partial charge >= 0.3 is 0 Å². The van der Waals surface area contributed by atoms with Crippen molar-refractivity contribution in [2.75, 3.05) is 26.2 Å². The lowest BCUT2D eigenvalue weighted by molar-refractivity contribution is 0.163. The van der Waals surface area contributed by atoms with Gasteiger partial charge in [0.1, 0.15) is 4.21 Å². The third-order valence-electron chi connectivity index (χ3n) is 4.04. The number of aromatic nitrogens is 2. The first kappa shape index (κ1) is 17.9. The first-order valence-electron chi connectivity index (χ1n) is 7.87. The van der Waals surface area contributed by atoms with Crippen LogP contribution in [-0.4, -0.2) is 53.9 Å². The topological polar surface area (TPSA) is 92.7 Å². The molecule has 0 bridgehead atoms. The maximum Gasteiger partial charge on any atom is 0.252 e. The Hall–Kier alpha value is -1.53. The fourth-order valence-corrected chi connectivity index (χ4v) is 6.29. The van der Waals surface area contributed by atoms with Crippen molar-refractivity contribution in [3.05, 3.63) is 40.2 Å². The summed E-state index contributed by atoms with van der Waals surface area (Å²) in [5.74, 6) is 1.45. The Bertz CT molecular complexity index is 975. The lowest BCUT2D eigenvalue weighted by atomic mass is 10.3. The van der Waals surface area contributed by atoms with E-state index in [0.29, 0.717) is 54.4 Å². The lowest BCUT2D eigenvalue weighted by Crippen LogP contribution is -2.48. The number of furan rings is 1. The quantitative estimate of drug-likeness (QED) is 0.579. The highest BCUT2D eigenvalue weighted by Crippen LogP contribution is 2.29. The standard InChI is InChI=1S/C15H15BrN4O4S2/c16-12-3-4-14(25-12)26(21,22)20-7-5-19(6-8-20)10-13-17-15(18-24-13)11-2-1-9-23-11/h1-4,9H,5-8,10H2. The number of hydrogen-bond donors (Lipinski definition) is 0. The monoisotopic (exact) mass is 458 g/mol. The van der Waals surface area contributed by atoms with Gasteiger partial charge in [0.05, 0.1) is 16.6 Å². The van der Waals surface area contributed by atoms with E-state index in [2.05, 4.69) is 31.0 Å². The smallest absolute Gasteiger partial charge is 0.252 e. The summed E-state index contributed by atoms with van der Waals surface area (Å²) in [4.78, 5) is 6.41. The molecule has 0 atom stereocenters. The molecule has 0 spiro atoms. The molecular formula is C15H15BrN4O4S2. The van der Waals surface area contributed by atoms with E-state index in [1.165, 1.54) is 15.6 Å². The molecule has 0 radical (unpaired) electrons. The van der Waals surface area contributed by atoms with Crippen molar-refractivity contribution in [3.8, 4) is 11.6 Å². The first-order valence-corrected chi connectivity index (χ1v) is 10.9. The largest absolute Gasteiger partial charge is 0.461 e. The Balaban J connectivity index is 1.37. The van der Waals surface area contributed by atoms with Crippen LogP contribution in [0.2, 0.25) is 0 Å². The Labute approximate surface area is 162 Å². The highest BCUT2D eigenvalue weighted by atomic mass is 79.9. The number of thiophene rings is 1. The van der Waals surface area contributed by atoms with Crippen LogP contribution in [0.25, 0.3) is 11.6 Å². The zero-order valence-electron chi connectivity index (χ0n) is 13.5. The van der Waals surface area contributed by atoms with Gasteiger partial charge in [0.25, 0.3) is 10.0 Å². The zero-order chi connectivity index (χ0) is 18.1. The Morgan fingerprint density at radius 3 is 2.65 bits per heavy atom. The van der Waals surface area contributed by atoms with E-state index in [4.69, 9.17) is 8.94 Å². The van der Waals surface area contributed by atoms with Crippen molar-refractivity contribution < 1.29 is 17.4 Å². The Morgan fingerprint density at radius 2 is 2.00 bits per heavy atom. The van der Waals surface area contributed by atoms with E-state index in [1.54, 1.807) is 30.5 Å². The normalized spacial score (nSPS) is 17.0. The van der Waals surface area contributed by atoms with Crippen LogP contribution in [0.1, 0.15) is 5.89 Å². The van der Waals surface area contributed by atoms with Crippen LogP contribution >= 0.6 is 27.3 Å². The van der Waals surface area contributed by atoms with Crippen LogP contribution in [0.5, 0.6) is 0 Å². The van der Waals surface area contributed by atoms with Gasteiger partial charge < -0.3 is 8.94 Å². The van der Waals surface area contributed by atoms with Crippen molar-refractivity contribution >= 4 is 37.3 Å². The predicted octanol–water partition coefficient (Wildman–Crippen LogP) is 2.66. The number of sulfonamides is 1. The minimum absolute atomic E-state index is 0.359. The van der Waals surface area contributed by atoms with Crippen molar-refractivity contribution in [3.63, 3.8) is 0 Å². The Morgan fingerprint density at radius 1 is 1.19 bits per heavy atom. The first-order chi connectivity index (χ1) is 12.5. The minimum Gasteiger partial charge on any atom is -0.461 e. The Kier molecular flexibility index (Phi) is 4.97. The second kappa shape index (κ2) is 7.24. The van der Waals surface area contributed by atoms with E-state index in [1.807, 2.05) is 0 Å². The maximum absolute atomic E-state index is 12.6. The predicted molar refractivity (Wildman–Crippen MR) is 98.1 cm³/mol. The molecular weight excluding hydrogens is 444 g/mol. The molecule has 3 aromatic heterocycles. The van der Waals surface area contributed by atoms with Gasteiger partial charge in [0.15, 0.2) is 5.76 Å². The van der Waals surface area contributed by atoms with Crippen LogP contribution in [-0.2, 0) is 16.6 Å². The van der Waals surface area contributed by atoms with Crippen LogP contribution < -0.4 is 0 Å². The molecule has 4 rings (SSSR count). The molecule has 1 aliphatic rings. The zero-order valence-corrected chi connectivity index (χ0v) is 16.8. The highest BCUT2D eigenvalue weighted by Gasteiger charge is 2.30. The summed E-state index contributed by atoms with van der Waals surface area (Å²) in [6.45, 7) is 2.54. The number of nitrogens with zero attached hydrogens (tertiary/aromatic N) is 4. The van der Waals surface area contributed by atoms with E-state index in [0.717, 1.165) is 3.79 Å². The number of rotatable bonds is 5. The summed E-state index contributed by atoms with van der Waals surface area (Å²) >= 11 is 4.53. The van der Waals surface area contributed by atoms with E-state index >= 15 is 0 Å². The van der Waals surface area contributed by atoms with Crippen molar-refractivity contribution in [2.45, 2.75) is 10.8 Å². The molecule has 4 heterocycles. The molecule has 1 saturated heterocycles.